The summed E-state index contributed by atoms with van der Waals surface area (Å²) in [4.78, 5) is 28.2. The molecule has 2 aromatic carbocycles. The van der Waals surface area contributed by atoms with Gasteiger partial charge in [0.15, 0.2) is 5.82 Å². The summed E-state index contributed by atoms with van der Waals surface area (Å²) < 4.78 is 90.3. The molecule has 0 spiro atoms. The van der Waals surface area contributed by atoms with Crippen LogP contribution < -0.4 is 10.1 Å². The minimum atomic E-state index is -5.14. The van der Waals surface area contributed by atoms with Gasteiger partial charge in [-0.1, -0.05) is 6.07 Å². The van der Waals surface area contributed by atoms with Gasteiger partial charge in [-0.3, -0.25) is 9.59 Å². The van der Waals surface area contributed by atoms with Crippen LogP contribution in [0.1, 0.15) is 28.5 Å². The highest BCUT2D eigenvalue weighted by Crippen LogP contribution is 2.38. The Hall–Kier alpha value is -3.91. The Labute approximate surface area is 213 Å². The van der Waals surface area contributed by atoms with E-state index in [1.54, 1.807) is 0 Å². The number of alkyl halides is 3. The van der Waals surface area contributed by atoms with Gasteiger partial charge in [0, 0.05) is 16.8 Å². The largest absolute Gasteiger partial charge is 0.455 e. The third-order valence-corrected chi connectivity index (χ3v) is 6.67. The first-order chi connectivity index (χ1) is 17.6. The maximum absolute atomic E-state index is 15.1. The quantitative estimate of drug-likeness (QED) is 0.322. The number of aliphatic hydroxyl groups excluding tert-OH is 1. The fourth-order valence-corrected chi connectivity index (χ4v) is 4.40. The lowest BCUT2D eigenvalue weighted by Gasteiger charge is -2.17. The number of aromatic nitrogens is 1. The van der Waals surface area contributed by atoms with Crippen molar-refractivity contribution in [3.63, 3.8) is 0 Å². The molecule has 0 aliphatic heterocycles. The van der Waals surface area contributed by atoms with Gasteiger partial charge in [0.05, 0.1) is 21.0 Å². The number of benzene rings is 2. The first-order valence-corrected chi connectivity index (χ1v) is 12.6. The molecule has 2 N–H and O–H groups in total. The number of nitrogens with one attached hydrogen (secondary N) is 1. The molecule has 1 heterocycles. The van der Waals surface area contributed by atoms with Crippen LogP contribution in [-0.2, 0) is 20.7 Å². The van der Waals surface area contributed by atoms with Crippen LogP contribution in [0, 0.1) is 18.7 Å². The number of pyridine rings is 1. The number of hydrogen-bond donors (Lipinski definition) is 2. The molecule has 0 radical (unpaired) electrons. The van der Waals surface area contributed by atoms with E-state index in [-0.39, 0.29) is 22.0 Å². The van der Waals surface area contributed by atoms with Gasteiger partial charge in [0.2, 0.25) is 5.95 Å². The summed E-state index contributed by atoms with van der Waals surface area (Å²) in [5.74, 6) is -5.94. The number of aryl methyl sites for hydroxylation is 1. The van der Waals surface area contributed by atoms with Crippen molar-refractivity contribution in [3.8, 4) is 11.5 Å². The number of halogens is 5. The first-order valence-electron chi connectivity index (χ1n) is 10.7. The SMILES string of the molecule is Cc1nc(F)ccc1Oc1ccc(C(F)(F)F)c(F)c1C(=O)Nc1cccc([S@@](C)(=O)=NC(=O)[C@@H](C)O)c1. The molecule has 2 atom stereocenters. The second kappa shape index (κ2) is 10.8. The van der Waals surface area contributed by atoms with E-state index in [0.29, 0.717) is 6.07 Å². The Morgan fingerprint density at radius 2 is 1.76 bits per heavy atom. The number of ether oxygens (including phenoxy) is 1. The van der Waals surface area contributed by atoms with Crippen LogP contribution in [0.3, 0.4) is 0 Å². The Balaban J connectivity index is 2.05. The molecule has 0 unspecified atom stereocenters. The van der Waals surface area contributed by atoms with Crippen molar-refractivity contribution in [2.75, 3.05) is 11.6 Å². The Morgan fingerprint density at radius 3 is 2.37 bits per heavy atom. The lowest BCUT2D eigenvalue weighted by molar-refractivity contribution is -0.140. The van der Waals surface area contributed by atoms with Crippen molar-refractivity contribution >= 4 is 27.2 Å². The van der Waals surface area contributed by atoms with Crippen LogP contribution >= 0.6 is 0 Å². The summed E-state index contributed by atoms with van der Waals surface area (Å²) in [5, 5.41) is 11.5. The molecular formula is C24H20F5N3O5S. The average molecular weight is 557 g/mol. The minimum absolute atomic E-state index is 0.0161. The van der Waals surface area contributed by atoms with Crippen LogP contribution in [0.25, 0.3) is 0 Å². The summed E-state index contributed by atoms with van der Waals surface area (Å²) in [6.45, 7) is 2.46. The van der Waals surface area contributed by atoms with Crippen molar-refractivity contribution in [1.82, 2.24) is 4.98 Å². The average Bonchev–Trinajstić information content (AvgIpc) is 2.80. The fraction of sp³-hybridized carbons (Fsp3) is 0.208. The van der Waals surface area contributed by atoms with Crippen LogP contribution in [0.2, 0.25) is 0 Å². The van der Waals surface area contributed by atoms with E-state index in [1.807, 2.05) is 0 Å². The molecule has 38 heavy (non-hydrogen) atoms. The minimum Gasteiger partial charge on any atom is -0.455 e. The number of hydrogen-bond acceptors (Lipinski definition) is 6. The van der Waals surface area contributed by atoms with Gasteiger partial charge in [-0.2, -0.15) is 21.9 Å². The highest BCUT2D eigenvalue weighted by Gasteiger charge is 2.37. The second-order valence-electron chi connectivity index (χ2n) is 8.01. The molecule has 0 bridgehead atoms. The summed E-state index contributed by atoms with van der Waals surface area (Å²) >= 11 is 0. The molecule has 14 heteroatoms. The van der Waals surface area contributed by atoms with Crippen molar-refractivity contribution in [1.29, 1.82) is 0 Å². The zero-order valence-electron chi connectivity index (χ0n) is 20.0. The number of rotatable bonds is 6. The standard InChI is InChI=1S/C24H20F5N3O5S/c1-12-17(9-10-19(25)30-12)37-18-8-7-16(24(27,28)29)21(26)20(18)23(35)31-14-5-4-6-15(11-14)38(3,36)32-22(34)13(2)33/h4-11,13,33H,1-3H3,(H,31,35)/t13-,38-/m1/s1. The number of nitrogens with zero attached hydrogens (tertiary/aromatic N) is 2. The fourth-order valence-electron chi connectivity index (χ4n) is 3.12. The van der Waals surface area contributed by atoms with Crippen LogP contribution in [0.5, 0.6) is 11.5 Å². The van der Waals surface area contributed by atoms with Gasteiger partial charge >= 0.3 is 6.18 Å². The molecule has 0 aliphatic carbocycles. The number of anilines is 1. The van der Waals surface area contributed by atoms with Crippen LogP contribution in [-0.4, -0.2) is 38.5 Å². The molecule has 0 saturated heterocycles. The third kappa shape index (κ3) is 6.50. The van der Waals surface area contributed by atoms with Gasteiger partial charge < -0.3 is 15.2 Å². The maximum Gasteiger partial charge on any atom is 0.419 e. The molecular weight excluding hydrogens is 537 g/mol. The van der Waals surface area contributed by atoms with Gasteiger partial charge in [0.25, 0.3) is 11.8 Å². The Morgan fingerprint density at radius 1 is 1.11 bits per heavy atom. The van der Waals surface area contributed by atoms with E-state index >= 15 is 4.39 Å². The normalized spacial score (nSPS) is 13.8. The van der Waals surface area contributed by atoms with Gasteiger partial charge in [-0.15, -0.1) is 0 Å². The van der Waals surface area contributed by atoms with E-state index in [0.717, 1.165) is 37.4 Å². The van der Waals surface area contributed by atoms with E-state index in [1.165, 1.54) is 25.1 Å². The monoisotopic (exact) mass is 557 g/mol. The van der Waals surface area contributed by atoms with Crippen molar-refractivity contribution < 1.29 is 45.6 Å². The van der Waals surface area contributed by atoms with Gasteiger partial charge in [0.1, 0.15) is 23.2 Å². The lowest BCUT2D eigenvalue weighted by Crippen LogP contribution is -2.19. The lowest BCUT2D eigenvalue weighted by atomic mass is 10.1. The predicted molar refractivity (Wildman–Crippen MR) is 126 cm³/mol. The van der Waals surface area contributed by atoms with E-state index < -0.39 is 62.5 Å². The predicted octanol–water partition coefficient (Wildman–Crippen LogP) is 5.10. The highest BCUT2D eigenvalue weighted by atomic mass is 32.2. The molecule has 0 saturated carbocycles. The second-order valence-corrected chi connectivity index (χ2v) is 10.3. The molecule has 202 valence electrons. The smallest absolute Gasteiger partial charge is 0.419 e. The molecule has 0 fully saturated rings. The van der Waals surface area contributed by atoms with E-state index in [4.69, 9.17) is 4.74 Å². The molecule has 3 aromatic rings. The number of aliphatic hydroxyl groups is 1. The Kier molecular flexibility index (Phi) is 8.17. The number of carbonyl (C=O) groups excluding carboxylic acids is 2. The number of carbonyl (C=O) groups is 2. The number of amides is 2. The van der Waals surface area contributed by atoms with Crippen molar-refractivity contribution in [2.45, 2.75) is 31.0 Å². The van der Waals surface area contributed by atoms with Crippen LogP contribution in [0.15, 0.2) is 57.8 Å². The van der Waals surface area contributed by atoms with Gasteiger partial charge in [-0.05, 0) is 56.3 Å². The summed E-state index contributed by atoms with van der Waals surface area (Å²) in [6, 6.07) is 8.15. The first kappa shape index (κ1) is 28.7. The van der Waals surface area contributed by atoms with Gasteiger partial charge in [-0.25, -0.2) is 13.6 Å². The topological polar surface area (TPSA) is 118 Å². The molecule has 8 nitrogen and oxygen atoms in total. The zero-order valence-corrected chi connectivity index (χ0v) is 20.8. The summed E-state index contributed by atoms with van der Waals surface area (Å²) in [7, 11) is -3.39. The van der Waals surface area contributed by atoms with E-state index in [2.05, 4.69) is 14.7 Å². The highest BCUT2D eigenvalue weighted by molar-refractivity contribution is 7.93. The molecule has 1 aromatic heterocycles. The Bertz CT molecular complexity index is 1530. The zero-order chi connectivity index (χ0) is 28.4. The van der Waals surface area contributed by atoms with Crippen molar-refractivity contribution in [3.05, 3.63) is 77.1 Å². The van der Waals surface area contributed by atoms with Crippen molar-refractivity contribution in [2.24, 2.45) is 4.36 Å². The molecule has 0 aliphatic rings. The molecule has 3 rings (SSSR count). The third-order valence-electron chi connectivity index (χ3n) is 5.01. The van der Waals surface area contributed by atoms with Crippen LogP contribution in [0.4, 0.5) is 27.6 Å². The summed E-state index contributed by atoms with van der Waals surface area (Å²) in [6.07, 6.45) is -5.55. The van der Waals surface area contributed by atoms with E-state index in [9.17, 15) is 36.5 Å². The molecule has 2 amide bonds. The maximum atomic E-state index is 15.1. The summed E-state index contributed by atoms with van der Waals surface area (Å²) in [5.41, 5.74) is -2.98.